The molecule has 6 heteroatoms. The summed E-state index contributed by atoms with van der Waals surface area (Å²) in [5.74, 6) is 0.435. The number of pyridine rings is 1. The summed E-state index contributed by atoms with van der Waals surface area (Å²) in [4.78, 5) is 17.5. The highest BCUT2D eigenvalue weighted by Crippen LogP contribution is 2.09. The van der Waals surface area contributed by atoms with E-state index >= 15 is 0 Å². The molecule has 1 aromatic heterocycles. The van der Waals surface area contributed by atoms with Gasteiger partial charge in [0.05, 0.1) is 11.9 Å². The fourth-order valence-corrected chi connectivity index (χ4v) is 1.33. The zero-order valence-electron chi connectivity index (χ0n) is 10.9. The standard InChI is InChI=1S/C12H21N5O/c1-17(2)8-7-14-10-3-4-11(15-9-10)16-12(18)5-6-13/h3-4,9,14H,5-8,13H2,1-2H3,(H,15,16,18). The van der Waals surface area contributed by atoms with Crippen LogP contribution in [0.2, 0.25) is 0 Å². The summed E-state index contributed by atoms with van der Waals surface area (Å²) in [5, 5.41) is 5.92. The topological polar surface area (TPSA) is 83.3 Å². The Labute approximate surface area is 108 Å². The molecule has 0 spiro atoms. The molecular formula is C12H21N5O. The van der Waals surface area contributed by atoms with Crippen molar-refractivity contribution < 1.29 is 4.79 Å². The molecule has 18 heavy (non-hydrogen) atoms. The van der Waals surface area contributed by atoms with Crippen molar-refractivity contribution in [1.82, 2.24) is 9.88 Å². The van der Waals surface area contributed by atoms with E-state index in [2.05, 4.69) is 20.5 Å². The summed E-state index contributed by atoms with van der Waals surface area (Å²) in [6.07, 6.45) is 2.01. The van der Waals surface area contributed by atoms with Crippen LogP contribution in [-0.2, 0) is 4.79 Å². The first-order valence-corrected chi connectivity index (χ1v) is 5.96. The largest absolute Gasteiger partial charge is 0.383 e. The Bertz CT molecular complexity index is 363. The number of hydrogen-bond donors (Lipinski definition) is 3. The van der Waals surface area contributed by atoms with Crippen LogP contribution in [0.25, 0.3) is 0 Å². The molecule has 0 aromatic carbocycles. The van der Waals surface area contributed by atoms with Gasteiger partial charge >= 0.3 is 0 Å². The number of nitrogens with zero attached hydrogens (tertiary/aromatic N) is 2. The van der Waals surface area contributed by atoms with Gasteiger partial charge in [0.2, 0.25) is 5.91 Å². The van der Waals surface area contributed by atoms with Crippen LogP contribution in [0, 0.1) is 0 Å². The Morgan fingerprint density at radius 1 is 1.44 bits per heavy atom. The molecule has 0 unspecified atom stereocenters. The third-order valence-corrected chi connectivity index (χ3v) is 2.29. The fourth-order valence-electron chi connectivity index (χ4n) is 1.33. The lowest BCUT2D eigenvalue weighted by atomic mass is 10.3. The van der Waals surface area contributed by atoms with Crippen molar-refractivity contribution >= 4 is 17.4 Å². The number of hydrogen-bond acceptors (Lipinski definition) is 5. The Hall–Kier alpha value is -1.66. The number of amides is 1. The first kappa shape index (κ1) is 14.4. The van der Waals surface area contributed by atoms with Gasteiger partial charge in [-0.25, -0.2) is 4.98 Å². The van der Waals surface area contributed by atoms with Crippen molar-refractivity contribution in [3.8, 4) is 0 Å². The lowest BCUT2D eigenvalue weighted by Gasteiger charge is -2.11. The molecular weight excluding hydrogens is 230 g/mol. The summed E-state index contributed by atoms with van der Waals surface area (Å²) < 4.78 is 0. The van der Waals surface area contributed by atoms with Crippen LogP contribution in [0.4, 0.5) is 11.5 Å². The number of nitrogens with one attached hydrogen (secondary N) is 2. The zero-order chi connectivity index (χ0) is 13.4. The highest BCUT2D eigenvalue weighted by molar-refractivity contribution is 5.89. The Balaban J connectivity index is 2.40. The second-order valence-electron chi connectivity index (χ2n) is 4.25. The molecule has 0 atom stereocenters. The number of carbonyl (C=O) groups excluding carboxylic acids is 1. The van der Waals surface area contributed by atoms with Gasteiger partial charge in [-0.15, -0.1) is 0 Å². The lowest BCUT2D eigenvalue weighted by Crippen LogP contribution is -2.21. The first-order chi connectivity index (χ1) is 8.61. The van der Waals surface area contributed by atoms with E-state index in [0.29, 0.717) is 18.8 Å². The molecule has 0 aliphatic heterocycles. The van der Waals surface area contributed by atoms with Gasteiger partial charge in [-0.05, 0) is 26.2 Å². The van der Waals surface area contributed by atoms with E-state index in [1.54, 1.807) is 12.3 Å². The van der Waals surface area contributed by atoms with Crippen LogP contribution < -0.4 is 16.4 Å². The molecule has 6 nitrogen and oxygen atoms in total. The van der Waals surface area contributed by atoms with E-state index in [1.807, 2.05) is 20.2 Å². The predicted molar refractivity (Wildman–Crippen MR) is 73.6 cm³/mol. The van der Waals surface area contributed by atoms with Crippen molar-refractivity contribution in [3.05, 3.63) is 18.3 Å². The number of aromatic nitrogens is 1. The highest BCUT2D eigenvalue weighted by atomic mass is 16.1. The van der Waals surface area contributed by atoms with Gasteiger partial charge in [0.25, 0.3) is 0 Å². The summed E-state index contributed by atoms with van der Waals surface area (Å²) >= 11 is 0. The average Bonchev–Trinajstić information content (AvgIpc) is 2.31. The minimum absolute atomic E-state index is 0.113. The van der Waals surface area contributed by atoms with E-state index in [4.69, 9.17) is 5.73 Å². The van der Waals surface area contributed by atoms with Gasteiger partial charge < -0.3 is 21.3 Å². The van der Waals surface area contributed by atoms with Crippen molar-refractivity contribution in [2.75, 3.05) is 44.4 Å². The zero-order valence-corrected chi connectivity index (χ0v) is 10.9. The van der Waals surface area contributed by atoms with Crippen LogP contribution >= 0.6 is 0 Å². The molecule has 1 heterocycles. The van der Waals surface area contributed by atoms with Gasteiger partial charge in [-0.3, -0.25) is 4.79 Å². The maximum absolute atomic E-state index is 11.3. The van der Waals surface area contributed by atoms with Crippen molar-refractivity contribution in [2.45, 2.75) is 6.42 Å². The fraction of sp³-hybridized carbons (Fsp3) is 0.500. The number of rotatable bonds is 7. The second-order valence-corrected chi connectivity index (χ2v) is 4.25. The molecule has 0 bridgehead atoms. The minimum atomic E-state index is -0.113. The highest BCUT2D eigenvalue weighted by Gasteiger charge is 2.01. The number of anilines is 2. The smallest absolute Gasteiger partial charge is 0.226 e. The van der Waals surface area contributed by atoms with E-state index < -0.39 is 0 Å². The maximum atomic E-state index is 11.3. The molecule has 0 aliphatic rings. The Morgan fingerprint density at radius 3 is 2.78 bits per heavy atom. The molecule has 0 saturated carbocycles. The SMILES string of the molecule is CN(C)CCNc1ccc(NC(=O)CCN)nc1. The van der Waals surface area contributed by atoms with Gasteiger partial charge in [0.1, 0.15) is 5.82 Å². The van der Waals surface area contributed by atoms with Gasteiger partial charge in [0, 0.05) is 26.1 Å². The second kappa shape index (κ2) is 7.62. The molecule has 1 aromatic rings. The summed E-state index contributed by atoms with van der Waals surface area (Å²) in [6.45, 7) is 2.15. The predicted octanol–water partition coefficient (Wildman–Crippen LogP) is 0.342. The number of carbonyl (C=O) groups is 1. The number of nitrogens with two attached hydrogens (primary N) is 1. The van der Waals surface area contributed by atoms with Crippen molar-refractivity contribution in [3.63, 3.8) is 0 Å². The number of likely N-dealkylation sites (N-methyl/N-ethyl adjacent to an activating group) is 1. The summed E-state index contributed by atoms with van der Waals surface area (Å²) in [6, 6.07) is 3.66. The quantitative estimate of drug-likeness (QED) is 0.651. The molecule has 4 N–H and O–H groups in total. The van der Waals surface area contributed by atoms with Gasteiger partial charge in [-0.2, -0.15) is 0 Å². The summed E-state index contributed by atoms with van der Waals surface area (Å²) in [7, 11) is 4.05. The average molecular weight is 251 g/mol. The molecule has 0 saturated heterocycles. The molecule has 1 amide bonds. The molecule has 0 fully saturated rings. The molecule has 0 aliphatic carbocycles. The lowest BCUT2D eigenvalue weighted by molar-refractivity contribution is -0.116. The van der Waals surface area contributed by atoms with E-state index in [9.17, 15) is 4.79 Å². The van der Waals surface area contributed by atoms with E-state index in [1.165, 1.54) is 0 Å². The van der Waals surface area contributed by atoms with Crippen LogP contribution in [-0.4, -0.2) is 49.5 Å². The van der Waals surface area contributed by atoms with Crippen LogP contribution in [0.15, 0.2) is 18.3 Å². The summed E-state index contributed by atoms with van der Waals surface area (Å²) in [5.41, 5.74) is 6.23. The van der Waals surface area contributed by atoms with Gasteiger partial charge in [-0.1, -0.05) is 0 Å². The van der Waals surface area contributed by atoms with E-state index in [0.717, 1.165) is 18.8 Å². The monoisotopic (exact) mass is 251 g/mol. The molecule has 100 valence electrons. The van der Waals surface area contributed by atoms with Crippen molar-refractivity contribution in [2.24, 2.45) is 5.73 Å². The normalized spacial score (nSPS) is 10.4. The van der Waals surface area contributed by atoms with Crippen LogP contribution in [0.5, 0.6) is 0 Å². The molecule has 0 radical (unpaired) electrons. The Morgan fingerprint density at radius 2 is 2.22 bits per heavy atom. The van der Waals surface area contributed by atoms with E-state index in [-0.39, 0.29) is 5.91 Å². The van der Waals surface area contributed by atoms with Crippen molar-refractivity contribution in [1.29, 1.82) is 0 Å². The first-order valence-electron chi connectivity index (χ1n) is 5.96. The van der Waals surface area contributed by atoms with Crippen LogP contribution in [0.1, 0.15) is 6.42 Å². The van der Waals surface area contributed by atoms with Crippen LogP contribution in [0.3, 0.4) is 0 Å². The Kier molecular flexibility index (Phi) is 6.10. The third kappa shape index (κ3) is 5.60. The third-order valence-electron chi connectivity index (χ3n) is 2.29. The van der Waals surface area contributed by atoms with Gasteiger partial charge in [0.15, 0.2) is 0 Å². The molecule has 1 rings (SSSR count). The minimum Gasteiger partial charge on any atom is -0.383 e. The maximum Gasteiger partial charge on any atom is 0.226 e.